The van der Waals surface area contributed by atoms with Gasteiger partial charge in [-0.2, -0.15) is 5.26 Å². The number of hydrogen-bond donors (Lipinski definition) is 0. The van der Waals surface area contributed by atoms with Crippen LogP contribution in [0.1, 0.15) is 22.3 Å². The number of ether oxygens (including phenoxy) is 3. The summed E-state index contributed by atoms with van der Waals surface area (Å²) in [5.74, 6) is 0.750. The molecule has 3 rings (SSSR count). The molecule has 0 radical (unpaired) electrons. The van der Waals surface area contributed by atoms with Gasteiger partial charge in [0.15, 0.2) is 18.1 Å². The number of methoxy groups -OCH3 is 1. The predicted octanol–water partition coefficient (Wildman–Crippen LogP) is 5.36. The fourth-order valence-electron chi connectivity index (χ4n) is 3.13. The molecule has 0 spiro atoms. The summed E-state index contributed by atoms with van der Waals surface area (Å²) in [5.41, 5.74) is 4.21. The molecule has 0 saturated carbocycles. The molecule has 3 aromatic carbocycles. The van der Waals surface area contributed by atoms with E-state index in [0.717, 1.165) is 22.3 Å². The molecular weight excluding hydrogens is 390 g/mol. The highest BCUT2D eigenvalue weighted by molar-refractivity contribution is 5.89. The lowest BCUT2D eigenvalue weighted by Gasteiger charge is -2.11. The zero-order valence-corrected chi connectivity index (χ0v) is 17.7. The quantitative estimate of drug-likeness (QED) is 0.226. The van der Waals surface area contributed by atoms with E-state index in [2.05, 4.69) is 6.07 Å². The summed E-state index contributed by atoms with van der Waals surface area (Å²) in [6.45, 7) is 3.71. The average molecular weight is 413 g/mol. The molecule has 0 unspecified atom stereocenters. The number of benzene rings is 3. The monoisotopic (exact) mass is 413 g/mol. The van der Waals surface area contributed by atoms with E-state index in [1.54, 1.807) is 24.3 Å². The molecule has 0 bridgehead atoms. The lowest BCUT2D eigenvalue weighted by molar-refractivity contribution is -0.136. The topological polar surface area (TPSA) is 68.5 Å². The van der Waals surface area contributed by atoms with Gasteiger partial charge in [-0.1, -0.05) is 42.5 Å². The van der Waals surface area contributed by atoms with Crippen LogP contribution in [0.5, 0.6) is 17.2 Å². The minimum absolute atomic E-state index is 0.222. The fraction of sp³-hybridized carbons (Fsp3) is 0.154. The first-order valence-electron chi connectivity index (χ1n) is 9.75. The Labute approximate surface area is 182 Å². The zero-order valence-electron chi connectivity index (χ0n) is 17.7. The van der Waals surface area contributed by atoms with Crippen LogP contribution in [0.4, 0.5) is 0 Å². The second kappa shape index (κ2) is 10.1. The first-order chi connectivity index (χ1) is 15.0. The molecule has 5 heteroatoms. The third-order valence-corrected chi connectivity index (χ3v) is 4.48. The lowest BCUT2D eigenvalue weighted by Crippen LogP contribution is -2.18. The Morgan fingerprint density at radius 1 is 0.968 bits per heavy atom. The number of esters is 1. The minimum atomic E-state index is -0.539. The average Bonchev–Trinajstić information content (AvgIpc) is 2.77. The molecular formula is C26H23NO4. The molecule has 0 aliphatic carbocycles. The first kappa shape index (κ1) is 21.7. The third-order valence-electron chi connectivity index (χ3n) is 4.48. The molecule has 156 valence electrons. The SMILES string of the molecule is COc1cc(/C=C(\C#N)c2ccccc2)ccc1OC(=O)COc1cc(C)cc(C)c1. The summed E-state index contributed by atoms with van der Waals surface area (Å²) in [7, 11) is 1.49. The van der Waals surface area contributed by atoms with E-state index in [0.29, 0.717) is 17.1 Å². The van der Waals surface area contributed by atoms with Crippen molar-refractivity contribution in [2.75, 3.05) is 13.7 Å². The van der Waals surface area contributed by atoms with Crippen molar-refractivity contribution in [3.8, 4) is 23.3 Å². The number of carbonyl (C=O) groups is 1. The van der Waals surface area contributed by atoms with Gasteiger partial charge in [0.2, 0.25) is 0 Å². The standard InChI is InChI=1S/C26H23NO4/c1-18-11-19(2)13-23(12-18)30-17-26(28)31-24-10-9-20(15-25(24)29-3)14-22(16-27)21-7-5-4-6-8-21/h4-15H,17H2,1-3H3/b22-14+. The zero-order chi connectivity index (χ0) is 22.2. The molecule has 0 N–H and O–H groups in total. The summed E-state index contributed by atoms with van der Waals surface area (Å²) in [5, 5.41) is 9.50. The number of carbonyl (C=O) groups excluding carboxylic acids is 1. The Bertz CT molecular complexity index is 1120. The molecule has 0 saturated heterocycles. The molecule has 3 aromatic rings. The van der Waals surface area contributed by atoms with Gasteiger partial charge in [0.25, 0.3) is 0 Å². The summed E-state index contributed by atoms with van der Waals surface area (Å²) in [6, 6.07) is 22.5. The van der Waals surface area contributed by atoms with Gasteiger partial charge < -0.3 is 14.2 Å². The Hall–Kier alpha value is -4.04. The van der Waals surface area contributed by atoms with Crippen LogP contribution < -0.4 is 14.2 Å². The van der Waals surface area contributed by atoms with Crippen molar-refractivity contribution in [2.24, 2.45) is 0 Å². The van der Waals surface area contributed by atoms with Crippen molar-refractivity contribution in [1.29, 1.82) is 5.26 Å². The molecule has 0 aliphatic rings. The van der Waals surface area contributed by atoms with Crippen LogP contribution in [0.25, 0.3) is 11.6 Å². The molecule has 0 heterocycles. The maximum Gasteiger partial charge on any atom is 0.349 e. The second-order valence-corrected chi connectivity index (χ2v) is 7.03. The number of allylic oxidation sites excluding steroid dienone is 1. The van der Waals surface area contributed by atoms with Crippen LogP contribution in [0.15, 0.2) is 66.7 Å². The Morgan fingerprint density at radius 2 is 1.68 bits per heavy atom. The maximum absolute atomic E-state index is 12.3. The van der Waals surface area contributed by atoms with Crippen molar-refractivity contribution in [2.45, 2.75) is 13.8 Å². The van der Waals surface area contributed by atoms with Gasteiger partial charge in [-0.3, -0.25) is 0 Å². The minimum Gasteiger partial charge on any atom is -0.493 e. The summed E-state index contributed by atoms with van der Waals surface area (Å²) >= 11 is 0. The van der Waals surface area contributed by atoms with Crippen molar-refractivity contribution < 1.29 is 19.0 Å². The molecule has 0 fully saturated rings. The van der Waals surface area contributed by atoms with E-state index >= 15 is 0 Å². The van der Waals surface area contributed by atoms with Crippen LogP contribution in [0.3, 0.4) is 0 Å². The van der Waals surface area contributed by atoms with Crippen molar-refractivity contribution in [3.63, 3.8) is 0 Å². The highest BCUT2D eigenvalue weighted by Crippen LogP contribution is 2.30. The van der Waals surface area contributed by atoms with E-state index in [4.69, 9.17) is 14.2 Å². The number of hydrogen-bond acceptors (Lipinski definition) is 5. The van der Waals surface area contributed by atoms with Crippen molar-refractivity contribution in [1.82, 2.24) is 0 Å². The fourth-order valence-corrected chi connectivity index (χ4v) is 3.13. The summed E-state index contributed by atoms with van der Waals surface area (Å²) < 4.78 is 16.3. The van der Waals surface area contributed by atoms with Gasteiger partial charge in [0.05, 0.1) is 18.8 Å². The largest absolute Gasteiger partial charge is 0.493 e. The van der Waals surface area contributed by atoms with E-state index in [1.165, 1.54) is 7.11 Å². The molecule has 0 amide bonds. The van der Waals surface area contributed by atoms with E-state index in [-0.39, 0.29) is 12.4 Å². The van der Waals surface area contributed by atoms with Crippen LogP contribution >= 0.6 is 0 Å². The Morgan fingerprint density at radius 3 is 2.32 bits per heavy atom. The van der Waals surface area contributed by atoms with Gasteiger partial charge >= 0.3 is 5.97 Å². The smallest absolute Gasteiger partial charge is 0.349 e. The summed E-state index contributed by atoms with van der Waals surface area (Å²) in [4.78, 5) is 12.3. The van der Waals surface area contributed by atoms with Crippen molar-refractivity contribution >= 4 is 17.6 Å². The highest BCUT2D eigenvalue weighted by Gasteiger charge is 2.12. The van der Waals surface area contributed by atoms with Gasteiger partial charge in [-0.05, 0) is 66.4 Å². The van der Waals surface area contributed by atoms with Gasteiger partial charge in [0.1, 0.15) is 5.75 Å². The van der Waals surface area contributed by atoms with Crippen molar-refractivity contribution in [3.05, 3.63) is 89.0 Å². The summed E-state index contributed by atoms with van der Waals surface area (Å²) in [6.07, 6.45) is 1.76. The second-order valence-electron chi connectivity index (χ2n) is 7.03. The Kier molecular flexibility index (Phi) is 7.08. The van der Waals surface area contributed by atoms with Crippen LogP contribution in [0, 0.1) is 25.2 Å². The number of rotatable bonds is 7. The predicted molar refractivity (Wildman–Crippen MR) is 120 cm³/mol. The normalized spacial score (nSPS) is 10.8. The van der Waals surface area contributed by atoms with E-state index < -0.39 is 5.97 Å². The molecule has 0 atom stereocenters. The van der Waals surface area contributed by atoms with Crippen LogP contribution in [-0.4, -0.2) is 19.7 Å². The van der Waals surface area contributed by atoms with Gasteiger partial charge in [-0.15, -0.1) is 0 Å². The lowest BCUT2D eigenvalue weighted by atomic mass is 10.0. The number of nitrogens with zero attached hydrogens (tertiary/aromatic N) is 1. The Balaban J connectivity index is 1.71. The number of nitriles is 1. The maximum atomic E-state index is 12.3. The highest BCUT2D eigenvalue weighted by atomic mass is 16.6. The molecule has 0 aliphatic heterocycles. The molecule has 31 heavy (non-hydrogen) atoms. The van der Waals surface area contributed by atoms with Crippen LogP contribution in [-0.2, 0) is 4.79 Å². The number of aryl methyl sites for hydroxylation is 2. The van der Waals surface area contributed by atoms with E-state index in [1.807, 2.05) is 62.4 Å². The van der Waals surface area contributed by atoms with E-state index in [9.17, 15) is 10.1 Å². The van der Waals surface area contributed by atoms with Gasteiger partial charge in [0, 0.05) is 0 Å². The third kappa shape index (κ3) is 5.97. The molecule has 0 aromatic heterocycles. The molecule has 5 nitrogen and oxygen atoms in total. The van der Waals surface area contributed by atoms with Gasteiger partial charge in [-0.25, -0.2) is 4.79 Å². The first-order valence-corrected chi connectivity index (χ1v) is 9.75. The van der Waals surface area contributed by atoms with Crippen LogP contribution in [0.2, 0.25) is 0 Å².